The fourth-order valence-electron chi connectivity index (χ4n) is 2.21. The van der Waals surface area contributed by atoms with Crippen LogP contribution in [0.5, 0.6) is 11.5 Å². The van der Waals surface area contributed by atoms with Gasteiger partial charge in [-0.05, 0) is 47.6 Å². The van der Waals surface area contributed by atoms with Crippen LogP contribution in [-0.4, -0.2) is 33.3 Å². The molecular formula is C17H16N4O2S. The lowest BCUT2D eigenvalue weighted by Gasteiger charge is -2.03. The van der Waals surface area contributed by atoms with E-state index in [1.165, 1.54) is 0 Å². The molecule has 1 heterocycles. The van der Waals surface area contributed by atoms with E-state index in [4.69, 9.17) is 17.0 Å². The molecule has 7 heteroatoms. The van der Waals surface area contributed by atoms with Gasteiger partial charge in [0.25, 0.3) is 0 Å². The summed E-state index contributed by atoms with van der Waals surface area (Å²) in [7, 11) is 1.64. The predicted molar refractivity (Wildman–Crippen MR) is 94.3 cm³/mol. The molecule has 122 valence electrons. The van der Waals surface area contributed by atoms with Crippen molar-refractivity contribution in [3.63, 3.8) is 0 Å². The fourth-order valence-corrected chi connectivity index (χ4v) is 2.41. The van der Waals surface area contributed by atoms with Gasteiger partial charge in [0.2, 0.25) is 4.77 Å². The number of hydrogen-bond acceptors (Lipinski definition) is 5. The molecule has 0 aliphatic heterocycles. The second-order valence-electron chi connectivity index (χ2n) is 5.12. The second kappa shape index (κ2) is 7.10. The number of nitrogens with one attached hydrogen (secondary N) is 1. The molecule has 0 saturated carbocycles. The van der Waals surface area contributed by atoms with Crippen molar-refractivity contribution in [3.8, 4) is 11.5 Å². The van der Waals surface area contributed by atoms with Crippen LogP contribution in [0.4, 0.5) is 0 Å². The van der Waals surface area contributed by atoms with Gasteiger partial charge in [-0.1, -0.05) is 24.3 Å². The van der Waals surface area contributed by atoms with Crippen molar-refractivity contribution in [2.75, 3.05) is 7.11 Å². The van der Waals surface area contributed by atoms with E-state index in [1.807, 2.05) is 30.3 Å². The lowest BCUT2D eigenvalue weighted by atomic mass is 10.1. The summed E-state index contributed by atoms with van der Waals surface area (Å²) in [5, 5.41) is 20.9. The van der Waals surface area contributed by atoms with E-state index in [0.29, 0.717) is 17.0 Å². The molecule has 0 aliphatic rings. The van der Waals surface area contributed by atoms with Crippen molar-refractivity contribution in [1.29, 1.82) is 0 Å². The number of phenolic OH excluding ortho intramolecular Hbond substituents is 1. The standard InChI is InChI=1S/C17H16N4O2S/c1-23-15-7-5-12(6-8-15)10-16-19-20-17(24)21(16)18-11-13-3-2-4-14(22)9-13/h2-9,11,22H,10H2,1H3,(H,20,24)/b18-11-. The Kier molecular flexibility index (Phi) is 4.72. The minimum absolute atomic E-state index is 0.188. The van der Waals surface area contributed by atoms with Crippen LogP contribution in [0.2, 0.25) is 0 Å². The van der Waals surface area contributed by atoms with Crippen molar-refractivity contribution >= 4 is 18.4 Å². The zero-order chi connectivity index (χ0) is 16.9. The van der Waals surface area contributed by atoms with Crippen LogP contribution < -0.4 is 4.74 Å². The summed E-state index contributed by atoms with van der Waals surface area (Å²) in [5.74, 6) is 1.69. The van der Waals surface area contributed by atoms with Gasteiger partial charge in [0.15, 0.2) is 5.82 Å². The molecule has 0 atom stereocenters. The lowest BCUT2D eigenvalue weighted by Crippen LogP contribution is -2.00. The molecule has 2 aromatic carbocycles. The molecule has 0 spiro atoms. The Morgan fingerprint density at radius 1 is 1.29 bits per heavy atom. The highest BCUT2D eigenvalue weighted by molar-refractivity contribution is 7.71. The van der Waals surface area contributed by atoms with Gasteiger partial charge in [-0.15, -0.1) is 0 Å². The first-order chi connectivity index (χ1) is 11.7. The smallest absolute Gasteiger partial charge is 0.216 e. The van der Waals surface area contributed by atoms with E-state index in [0.717, 1.165) is 16.9 Å². The minimum Gasteiger partial charge on any atom is -0.508 e. The van der Waals surface area contributed by atoms with E-state index in [-0.39, 0.29) is 5.75 Å². The van der Waals surface area contributed by atoms with Gasteiger partial charge in [-0.25, -0.2) is 0 Å². The molecule has 3 aromatic rings. The minimum atomic E-state index is 0.188. The number of rotatable bonds is 5. The third kappa shape index (κ3) is 3.69. The average Bonchev–Trinajstić information content (AvgIpc) is 2.93. The molecule has 3 rings (SSSR count). The Morgan fingerprint density at radius 3 is 2.79 bits per heavy atom. The maximum atomic E-state index is 9.50. The van der Waals surface area contributed by atoms with Crippen LogP contribution >= 0.6 is 12.2 Å². The van der Waals surface area contributed by atoms with Crippen LogP contribution in [0.3, 0.4) is 0 Å². The van der Waals surface area contributed by atoms with Gasteiger partial charge in [0.05, 0.1) is 13.3 Å². The van der Waals surface area contributed by atoms with E-state index in [2.05, 4.69) is 15.3 Å². The number of benzene rings is 2. The summed E-state index contributed by atoms with van der Waals surface area (Å²) >= 11 is 5.23. The first-order valence-corrected chi connectivity index (χ1v) is 7.69. The molecular weight excluding hydrogens is 324 g/mol. The highest BCUT2D eigenvalue weighted by Crippen LogP contribution is 2.14. The fraction of sp³-hybridized carbons (Fsp3) is 0.118. The zero-order valence-corrected chi connectivity index (χ0v) is 13.8. The Labute approximate surface area is 144 Å². The van der Waals surface area contributed by atoms with Crippen molar-refractivity contribution in [3.05, 3.63) is 70.3 Å². The molecule has 0 unspecified atom stereocenters. The van der Waals surface area contributed by atoms with Gasteiger partial charge < -0.3 is 9.84 Å². The largest absolute Gasteiger partial charge is 0.508 e. The summed E-state index contributed by atoms with van der Waals surface area (Å²) in [6, 6.07) is 14.6. The van der Waals surface area contributed by atoms with Crippen LogP contribution in [0.15, 0.2) is 53.6 Å². The van der Waals surface area contributed by atoms with Crippen molar-refractivity contribution in [2.45, 2.75) is 6.42 Å². The van der Waals surface area contributed by atoms with Gasteiger partial charge in [0, 0.05) is 6.42 Å². The van der Waals surface area contributed by atoms with E-state index in [9.17, 15) is 5.11 Å². The van der Waals surface area contributed by atoms with Gasteiger partial charge in [-0.3, -0.25) is 5.10 Å². The van der Waals surface area contributed by atoms with E-state index < -0.39 is 0 Å². The van der Waals surface area contributed by atoms with Crippen molar-refractivity contribution in [1.82, 2.24) is 14.9 Å². The number of nitrogens with zero attached hydrogens (tertiary/aromatic N) is 3. The molecule has 0 fully saturated rings. The first kappa shape index (κ1) is 15.9. The number of phenols is 1. The molecule has 0 aliphatic carbocycles. The zero-order valence-electron chi connectivity index (χ0n) is 13.0. The summed E-state index contributed by atoms with van der Waals surface area (Å²) in [6.45, 7) is 0. The molecule has 2 N–H and O–H groups in total. The Bertz CT molecular complexity index is 913. The predicted octanol–water partition coefficient (Wildman–Crippen LogP) is 3.13. The van der Waals surface area contributed by atoms with Gasteiger partial charge in [-0.2, -0.15) is 14.9 Å². The quantitative estimate of drug-likeness (QED) is 0.553. The highest BCUT2D eigenvalue weighted by Gasteiger charge is 2.06. The molecule has 0 saturated heterocycles. The molecule has 0 radical (unpaired) electrons. The number of aromatic nitrogens is 3. The van der Waals surface area contributed by atoms with Crippen LogP contribution in [-0.2, 0) is 6.42 Å². The summed E-state index contributed by atoms with van der Waals surface area (Å²) in [4.78, 5) is 0. The first-order valence-electron chi connectivity index (χ1n) is 7.28. The summed E-state index contributed by atoms with van der Waals surface area (Å²) in [5.41, 5.74) is 1.84. The molecule has 6 nitrogen and oxygen atoms in total. The van der Waals surface area contributed by atoms with Crippen LogP contribution in [0.1, 0.15) is 17.0 Å². The van der Waals surface area contributed by atoms with Crippen LogP contribution in [0, 0.1) is 4.77 Å². The molecule has 0 amide bonds. The van der Waals surface area contributed by atoms with E-state index >= 15 is 0 Å². The van der Waals surface area contributed by atoms with Crippen LogP contribution in [0.25, 0.3) is 0 Å². The Balaban J connectivity index is 1.84. The highest BCUT2D eigenvalue weighted by atomic mass is 32.1. The Hall–Kier alpha value is -2.93. The molecule has 0 bridgehead atoms. The monoisotopic (exact) mass is 340 g/mol. The SMILES string of the molecule is COc1ccc(Cc2n[nH]c(=S)n2/N=C\c2cccc(O)c2)cc1. The average molecular weight is 340 g/mol. The Morgan fingerprint density at radius 2 is 2.08 bits per heavy atom. The molecule has 24 heavy (non-hydrogen) atoms. The van der Waals surface area contributed by atoms with Crippen molar-refractivity contribution < 1.29 is 9.84 Å². The van der Waals surface area contributed by atoms with Gasteiger partial charge >= 0.3 is 0 Å². The number of hydrogen-bond donors (Lipinski definition) is 2. The maximum absolute atomic E-state index is 9.50. The molecule has 1 aromatic heterocycles. The van der Waals surface area contributed by atoms with Crippen molar-refractivity contribution in [2.24, 2.45) is 5.10 Å². The number of ether oxygens (including phenoxy) is 1. The lowest BCUT2D eigenvalue weighted by molar-refractivity contribution is 0.414. The topological polar surface area (TPSA) is 75.4 Å². The van der Waals surface area contributed by atoms with Gasteiger partial charge in [0.1, 0.15) is 11.5 Å². The summed E-state index contributed by atoms with van der Waals surface area (Å²) in [6.07, 6.45) is 2.21. The third-order valence-corrected chi connectivity index (χ3v) is 3.70. The maximum Gasteiger partial charge on any atom is 0.216 e. The number of aromatic hydroxyl groups is 1. The third-order valence-electron chi connectivity index (χ3n) is 3.43. The van der Waals surface area contributed by atoms with E-state index in [1.54, 1.807) is 36.2 Å². The second-order valence-corrected chi connectivity index (χ2v) is 5.51. The number of H-pyrrole nitrogens is 1. The number of aromatic amines is 1. The number of methoxy groups -OCH3 is 1. The normalized spacial score (nSPS) is 11.0. The summed E-state index contributed by atoms with van der Waals surface area (Å²) < 4.78 is 7.14.